The van der Waals surface area contributed by atoms with Gasteiger partial charge in [-0.05, 0) is 49.9 Å². The number of amides is 2. The summed E-state index contributed by atoms with van der Waals surface area (Å²) in [7, 11) is 0. The summed E-state index contributed by atoms with van der Waals surface area (Å²) in [6.45, 7) is 2.96. The minimum Gasteiger partial charge on any atom is -0.342 e. The van der Waals surface area contributed by atoms with Crippen LogP contribution in [0, 0.1) is 11.7 Å². The fourth-order valence-electron chi connectivity index (χ4n) is 3.65. The molecule has 0 saturated carbocycles. The number of carbonyl (C=O) groups is 2. The molecule has 2 fully saturated rings. The van der Waals surface area contributed by atoms with Crippen LogP contribution < -0.4 is 0 Å². The maximum absolute atomic E-state index is 13.0. The normalized spacial score (nSPS) is 19.9. The average Bonchev–Trinajstić information content (AvgIpc) is 2.91. The minimum atomic E-state index is -0.340. The van der Waals surface area contributed by atoms with Crippen LogP contribution in [0.4, 0.5) is 4.39 Å². The molecular weight excluding hydrogens is 307 g/mol. The Balaban J connectivity index is 1.54. The predicted molar refractivity (Wildman–Crippen MR) is 90.1 cm³/mol. The van der Waals surface area contributed by atoms with Crippen molar-refractivity contribution < 1.29 is 14.0 Å². The van der Waals surface area contributed by atoms with E-state index in [2.05, 4.69) is 0 Å². The molecule has 2 aliphatic heterocycles. The average molecular weight is 332 g/mol. The molecule has 1 aromatic carbocycles. The van der Waals surface area contributed by atoms with Gasteiger partial charge in [0.1, 0.15) is 5.82 Å². The smallest absolute Gasteiger partial charge is 0.253 e. The lowest BCUT2D eigenvalue weighted by Crippen LogP contribution is -2.44. The van der Waals surface area contributed by atoms with E-state index < -0.39 is 0 Å². The highest BCUT2D eigenvalue weighted by Crippen LogP contribution is 2.23. The van der Waals surface area contributed by atoms with Crippen LogP contribution in [-0.2, 0) is 4.79 Å². The SMILES string of the molecule is O=C(c1ccc(F)cc1)N1CCC(C(=O)N2CCCCCC2)CC1. The molecule has 2 saturated heterocycles. The summed E-state index contributed by atoms with van der Waals surface area (Å²) in [5.41, 5.74) is 0.508. The molecule has 0 bridgehead atoms. The first-order chi connectivity index (χ1) is 11.6. The third-order valence-electron chi connectivity index (χ3n) is 5.14. The van der Waals surface area contributed by atoms with E-state index in [1.807, 2.05) is 4.90 Å². The lowest BCUT2D eigenvalue weighted by atomic mass is 9.94. The first-order valence-electron chi connectivity index (χ1n) is 8.99. The second kappa shape index (κ2) is 7.77. The zero-order valence-electron chi connectivity index (χ0n) is 14.0. The van der Waals surface area contributed by atoms with Crippen molar-refractivity contribution in [1.82, 2.24) is 9.80 Å². The van der Waals surface area contributed by atoms with Gasteiger partial charge in [-0.2, -0.15) is 0 Å². The van der Waals surface area contributed by atoms with Crippen LogP contribution in [0.25, 0.3) is 0 Å². The molecule has 4 nitrogen and oxygen atoms in total. The van der Waals surface area contributed by atoms with Crippen LogP contribution in [0.15, 0.2) is 24.3 Å². The predicted octanol–water partition coefficient (Wildman–Crippen LogP) is 3.08. The van der Waals surface area contributed by atoms with Gasteiger partial charge in [-0.3, -0.25) is 9.59 Å². The van der Waals surface area contributed by atoms with Gasteiger partial charge in [0.2, 0.25) is 5.91 Å². The van der Waals surface area contributed by atoms with E-state index in [0.29, 0.717) is 18.7 Å². The number of halogens is 1. The maximum Gasteiger partial charge on any atom is 0.253 e. The molecule has 0 radical (unpaired) electrons. The van der Waals surface area contributed by atoms with Crippen molar-refractivity contribution >= 4 is 11.8 Å². The summed E-state index contributed by atoms with van der Waals surface area (Å²) in [5, 5.41) is 0. The van der Waals surface area contributed by atoms with E-state index in [1.165, 1.54) is 37.1 Å². The van der Waals surface area contributed by atoms with Crippen molar-refractivity contribution in [3.05, 3.63) is 35.6 Å². The van der Waals surface area contributed by atoms with E-state index in [-0.39, 0.29) is 23.5 Å². The fraction of sp³-hybridized carbons (Fsp3) is 0.579. The number of hydrogen-bond donors (Lipinski definition) is 0. The molecule has 130 valence electrons. The van der Waals surface area contributed by atoms with Crippen molar-refractivity contribution in [3.63, 3.8) is 0 Å². The van der Waals surface area contributed by atoms with Crippen LogP contribution in [0.3, 0.4) is 0 Å². The Morgan fingerprint density at radius 1 is 0.833 bits per heavy atom. The number of benzene rings is 1. The third kappa shape index (κ3) is 3.94. The largest absolute Gasteiger partial charge is 0.342 e. The molecule has 0 spiro atoms. The Morgan fingerprint density at radius 3 is 2.00 bits per heavy atom. The van der Waals surface area contributed by atoms with Crippen molar-refractivity contribution in [3.8, 4) is 0 Å². The topological polar surface area (TPSA) is 40.6 Å². The molecular formula is C19H25FN2O2. The van der Waals surface area contributed by atoms with Crippen LogP contribution in [0.2, 0.25) is 0 Å². The molecule has 2 amide bonds. The number of piperidine rings is 1. The van der Waals surface area contributed by atoms with Gasteiger partial charge in [0.15, 0.2) is 0 Å². The Labute approximate surface area is 142 Å². The Kier molecular flexibility index (Phi) is 5.48. The van der Waals surface area contributed by atoms with Crippen LogP contribution in [0.5, 0.6) is 0 Å². The summed E-state index contributed by atoms with van der Waals surface area (Å²) in [4.78, 5) is 28.9. The molecule has 0 aromatic heterocycles. The molecule has 0 unspecified atom stereocenters. The maximum atomic E-state index is 13.0. The van der Waals surface area contributed by atoms with E-state index >= 15 is 0 Å². The standard InChI is InChI=1S/C19H25FN2O2/c20-17-7-5-15(6-8-17)18(23)22-13-9-16(10-14-22)19(24)21-11-3-1-2-4-12-21/h5-8,16H,1-4,9-14H2. The molecule has 2 heterocycles. The van der Waals surface area contributed by atoms with Gasteiger partial charge in [0, 0.05) is 37.7 Å². The van der Waals surface area contributed by atoms with Crippen molar-refractivity contribution in [2.45, 2.75) is 38.5 Å². The third-order valence-corrected chi connectivity index (χ3v) is 5.14. The number of hydrogen-bond acceptors (Lipinski definition) is 2. The summed E-state index contributed by atoms with van der Waals surface area (Å²) in [6, 6.07) is 5.66. The number of nitrogens with zero attached hydrogens (tertiary/aromatic N) is 2. The highest BCUT2D eigenvalue weighted by atomic mass is 19.1. The van der Waals surface area contributed by atoms with E-state index in [0.717, 1.165) is 38.8 Å². The van der Waals surface area contributed by atoms with Crippen molar-refractivity contribution in [1.29, 1.82) is 0 Å². The molecule has 24 heavy (non-hydrogen) atoms. The monoisotopic (exact) mass is 332 g/mol. The van der Waals surface area contributed by atoms with Gasteiger partial charge in [-0.15, -0.1) is 0 Å². The second-order valence-electron chi connectivity index (χ2n) is 6.81. The lowest BCUT2D eigenvalue weighted by Gasteiger charge is -2.34. The zero-order chi connectivity index (χ0) is 16.9. The molecule has 5 heteroatoms. The van der Waals surface area contributed by atoms with Gasteiger partial charge >= 0.3 is 0 Å². The van der Waals surface area contributed by atoms with Gasteiger partial charge < -0.3 is 9.80 Å². The first kappa shape index (κ1) is 16.9. The van der Waals surface area contributed by atoms with Crippen LogP contribution >= 0.6 is 0 Å². The fourth-order valence-corrected chi connectivity index (χ4v) is 3.65. The van der Waals surface area contributed by atoms with Gasteiger partial charge in [0.05, 0.1) is 0 Å². The molecule has 0 atom stereocenters. The number of rotatable bonds is 2. The number of likely N-dealkylation sites (tertiary alicyclic amines) is 2. The summed E-state index contributed by atoms with van der Waals surface area (Å²) in [6.07, 6.45) is 6.09. The van der Waals surface area contributed by atoms with Gasteiger partial charge in [-0.1, -0.05) is 12.8 Å². The molecule has 0 N–H and O–H groups in total. The summed E-state index contributed by atoms with van der Waals surface area (Å²) in [5.74, 6) is -0.102. The van der Waals surface area contributed by atoms with Gasteiger partial charge in [-0.25, -0.2) is 4.39 Å². The molecule has 2 aliphatic rings. The minimum absolute atomic E-state index is 0.0420. The lowest BCUT2D eigenvalue weighted by molar-refractivity contribution is -0.136. The molecule has 3 rings (SSSR count). The van der Waals surface area contributed by atoms with Crippen molar-refractivity contribution in [2.24, 2.45) is 5.92 Å². The van der Waals surface area contributed by atoms with E-state index in [4.69, 9.17) is 0 Å². The van der Waals surface area contributed by atoms with E-state index in [1.54, 1.807) is 4.90 Å². The number of carbonyl (C=O) groups excluding carboxylic acids is 2. The first-order valence-corrected chi connectivity index (χ1v) is 8.99. The van der Waals surface area contributed by atoms with E-state index in [9.17, 15) is 14.0 Å². The Morgan fingerprint density at radius 2 is 1.42 bits per heavy atom. The highest BCUT2D eigenvalue weighted by molar-refractivity contribution is 5.94. The molecule has 1 aromatic rings. The second-order valence-corrected chi connectivity index (χ2v) is 6.81. The van der Waals surface area contributed by atoms with Crippen LogP contribution in [-0.4, -0.2) is 47.8 Å². The zero-order valence-corrected chi connectivity index (χ0v) is 14.0. The summed E-state index contributed by atoms with van der Waals surface area (Å²) >= 11 is 0. The summed E-state index contributed by atoms with van der Waals surface area (Å²) < 4.78 is 13.0. The van der Waals surface area contributed by atoms with Crippen molar-refractivity contribution in [2.75, 3.05) is 26.2 Å². The highest BCUT2D eigenvalue weighted by Gasteiger charge is 2.30. The Bertz CT molecular complexity index is 572. The van der Waals surface area contributed by atoms with Gasteiger partial charge in [0.25, 0.3) is 5.91 Å². The Hall–Kier alpha value is -1.91. The van der Waals surface area contributed by atoms with Crippen LogP contribution in [0.1, 0.15) is 48.9 Å². The molecule has 0 aliphatic carbocycles. The quantitative estimate of drug-likeness (QED) is 0.835.